The summed E-state index contributed by atoms with van der Waals surface area (Å²) in [6.07, 6.45) is 1.05. The van der Waals surface area contributed by atoms with Gasteiger partial charge in [0.2, 0.25) is 0 Å². The molecule has 0 saturated heterocycles. The maximum atomic E-state index is 14.8. The van der Waals surface area contributed by atoms with Gasteiger partial charge in [-0.3, -0.25) is 14.2 Å². The second-order valence-electron chi connectivity index (χ2n) is 8.46. The summed E-state index contributed by atoms with van der Waals surface area (Å²) >= 11 is 7.78. The lowest BCUT2D eigenvalue weighted by Gasteiger charge is -2.22. The first-order valence-corrected chi connectivity index (χ1v) is 14.1. The molecule has 9 nitrogen and oxygen atoms in total. The van der Waals surface area contributed by atoms with Gasteiger partial charge in [0, 0.05) is 32.3 Å². The monoisotopic (exact) mass is 593 g/mol. The molecule has 0 atom stereocenters. The molecule has 0 spiro atoms. The Morgan fingerprint density at radius 2 is 1.88 bits per heavy atom. The Kier molecular flexibility index (Phi) is 13.3. The molecule has 2 aromatic carbocycles. The van der Waals surface area contributed by atoms with Gasteiger partial charge in [-0.1, -0.05) is 37.6 Å². The number of hydrogen-bond donors (Lipinski definition) is 5. The average Bonchev–Trinajstić information content (AvgIpc) is 2.95. The van der Waals surface area contributed by atoms with Gasteiger partial charge in [0.05, 0.1) is 16.9 Å². The molecule has 0 saturated carbocycles. The summed E-state index contributed by atoms with van der Waals surface area (Å²) in [6.45, 7) is 7.58. The molecule has 3 aromatic rings. The molecule has 1 aromatic heterocycles. The number of aliphatic hydroxyl groups excluding tert-OH is 1. The second-order valence-corrected chi connectivity index (χ2v) is 9.66. The van der Waals surface area contributed by atoms with Gasteiger partial charge in [-0.2, -0.15) is 0 Å². The van der Waals surface area contributed by atoms with E-state index in [1.54, 1.807) is 45.2 Å². The van der Waals surface area contributed by atoms with Crippen LogP contribution in [0.1, 0.15) is 48.2 Å². The summed E-state index contributed by atoms with van der Waals surface area (Å²) in [6, 6.07) is 9.67. The fourth-order valence-corrected chi connectivity index (χ4v) is 4.31. The second kappa shape index (κ2) is 16.1. The van der Waals surface area contributed by atoms with Gasteiger partial charge < -0.3 is 25.2 Å². The number of aryl methyl sites for hydroxylation is 1. The maximum absolute atomic E-state index is 14.8. The fourth-order valence-electron chi connectivity index (χ4n) is 3.66. The first-order valence-electron chi connectivity index (χ1n) is 12.9. The van der Waals surface area contributed by atoms with Crippen molar-refractivity contribution >= 4 is 46.8 Å². The Bertz CT molecular complexity index is 1370. The Hall–Kier alpha value is -3.25. The number of amides is 1. The number of carbonyl (C=O) groups is 1. The molecule has 1 amide bonds. The number of halogens is 2. The zero-order valence-electron chi connectivity index (χ0n) is 23.6. The Labute approximate surface area is 243 Å². The van der Waals surface area contributed by atoms with Gasteiger partial charge >= 0.3 is 0 Å². The predicted octanol–water partition coefficient (Wildman–Crippen LogP) is 6.05. The number of anilines is 3. The van der Waals surface area contributed by atoms with Gasteiger partial charge in [-0.05, 0) is 63.6 Å². The zero-order valence-corrected chi connectivity index (χ0v) is 25.1. The number of ether oxygens (including phenoxy) is 1. The molecule has 40 heavy (non-hydrogen) atoms. The maximum Gasteiger partial charge on any atom is 0.258 e. The van der Waals surface area contributed by atoms with Crippen LogP contribution in [0.3, 0.4) is 0 Å². The van der Waals surface area contributed by atoms with Crippen LogP contribution in [-0.4, -0.2) is 35.8 Å². The molecular formula is C28H37ClFN5O4S. The van der Waals surface area contributed by atoms with Crippen molar-refractivity contribution in [1.82, 2.24) is 14.6 Å². The average molecular weight is 594 g/mol. The highest BCUT2D eigenvalue weighted by Gasteiger charge is 2.27. The van der Waals surface area contributed by atoms with Crippen molar-refractivity contribution in [3.05, 3.63) is 74.3 Å². The van der Waals surface area contributed by atoms with Crippen LogP contribution < -0.4 is 30.4 Å². The largest absolute Gasteiger partial charge is 0.454 e. The number of nitrogens with one attached hydrogen (secondary N) is 4. The van der Waals surface area contributed by atoms with Crippen molar-refractivity contribution < 1.29 is 19.0 Å². The standard InChI is InChI=1S/C26H31ClFN5O4S.C2H6/c1-15-10-11-18(17(28)14-15)31-24-21(25(35)30-12-5-6-13-34)23(16(2)26(36)33(24)4)37-20-9-7-8-19(22(20)27)32-38-29-3;1-2/h7-11,14,29,31-32,34H,5-6,12-13H2,1-4H3,(H,30,35);1-2H3. The molecular weight excluding hydrogens is 557 g/mol. The summed E-state index contributed by atoms with van der Waals surface area (Å²) in [7, 11) is 3.23. The summed E-state index contributed by atoms with van der Waals surface area (Å²) in [5.41, 5.74) is 1.09. The Morgan fingerprint density at radius 1 is 1.15 bits per heavy atom. The number of carbonyl (C=O) groups excluding carboxylic acids is 1. The molecule has 218 valence electrons. The molecule has 1 heterocycles. The zero-order chi connectivity index (χ0) is 29.8. The van der Waals surface area contributed by atoms with E-state index in [0.29, 0.717) is 18.5 Å². The van der Waals surface area contributed by atoms with Crippen LogP contribution in [0.2, 0.25) is 5.02 Å². The van der Waals surface area contributed by atoms with Crippen molar-refractivity contribution in [2.24, 2.45) is 7.05 Å². The van der Waals surface area contributed by atoms with E-state index in [0.717, 1.165) is 5.56 Å². The molecule has 0 aliphatic heterocycles. The van der Waals surface area contributed by atoms with Crippen LogP contribution in [0, 0.1) is 19.7 Å². The van der Waals surface area contributed by atoms with Crippen LogP contribution in [0.4, 0.5) is 21.6 Å². The van der Waals surface area contributed by atoms with Crippen LogP contribution in [-0.2, 0) is 7.05 Å². The van der Waals surface area contributed by atoms with Gasteiger partial charge in [0.15, 0.2) is 5.75 Å². The van der Waals surface area contributed by atoms with Crippen LogP contribution in [0.25, 0.3) is 0 Å². The van der Waals surface area contributed by atoms with Crippen molar-refractivity contribution in [2.45, 2.75) is 40.5 Å². The molecule has 0 unspecified atom stereocenters. The molecule has 0 radical (unpaired) electrons. The minimum Gasteiger partial charge on any atom is -0.454 e. The van der Waals surface area contributed by atoms with E-state index in [9.17, 15) is 14.0 Å². The van der Waals surface area contributed by atoms with E-state index < -0.39 is 17.3 Å². The highest BCUT2D eigenvalue weighted by molar-refractivity contribution is 7.98. The summed E-state index contributed by atoms with van der Waals surface area (Å²) in [5.74, 6) is -0.829. The van der Waals surface area contributed by atoms with Crippen molar-refractivity contribution in [3.8, 4) is 11.5 Å². The minimum absolute atomic E-state index is 0.00258. The van der Waals surface area contributed by atoms with Gasteiger partial charge in [-0.25, -0.2) is 9.11 Å². The number of nitrogens with zero attached hydrogens (tertiary/aromatic N) is 1. The Morgan fingerprint density at radius 3 is 2.52 bits per heavy atom. The lowest BCUT2D eigenvalue weighted by molar-refractivity contribution is 0.0949. The first kappa shape index (κ1) is 33.0. The molecule has 0 fully saturated rings. The number of pyridine rings is 1. The number of hydrogen-bond acceptors (Lipinski definition) is 8. The minimum atomic E-state index is -0.543. The highest BCUT2D eigenvalue weighted by Crippen LogP contribution is 2.39. The van der Waals surface area contributed by atoms with Gasteiger partial charge in [0.1, 0.15) is 28.0 Å². The van der Waals surface area contributed by atoms with E-state index >= 15 is 0 Å². The van der Waals surface area contributed by atoms with E-state index in [2.05, 4.69) is 20.1 Å². The van der Waals surface area contributed by atoms with Gasteiger partial charge in [0.25, 0.3) is 11.5 Å². The Balaban J connectivity index is 0.00000274. The molecule has 5 N–H and O–H groups in total. The van der Waals surface area contributed by atoms with E-state index in [1.165, 1.54) is 35.9 Å². The highest BCUT2D eigenvalue weighted by atomic mass is 35.5. The number of benzene rings is 2. The first-order chi connectivity index (χ1) is 19.2. The topological polar surface area (TPSA) is 117 Å². The van der Waals surface area contributed by atoms with Crippen LogP contribution in [0.15, 0.2) is 41.2 Å². The summed E-state index contributed by atoms with van der Waals surface area (Å²) in [4.78, 5) is 26.7. The fraction of sp³-hybridized carbons (Fsp3) is 0.357. The summed E-state index contributed by atoms with van der Waals surface area (Å²) < 4.78 is 28.1. The van der Waals surface area contributed by atoms with Gasteiger partial charge in [-0.15, -0.1) is 0 Å². The van der Waals surface area contributed by atoms with Crippen LogP contribution >= 0.6 is 23.7 Å². The third-order valence-corrected chi connectivity index (χ3v) is 6.59. The molecule has 12 heteroatoms. The number of aliphatic hydroxyl groups is 1. The van der Waals surface area contributed by atoms with Crippen molar-refractivity contribution in [2.75, 3.05) is 30.2 Å². The predicted molar refractivity (Wildman–Crippen MR) is 163 cm³/mol. The summed E-state index contributed by atoms with van der Waals surface area (Å²) in [5, 5.41) is 15.0. The lowest BCUT2D eigenvalue weighted by Crippen LogP contribution is -2.31. The number of unbranched alkanes of at least 4 members (excludes halogenated alkanes) is 1. The number of rotatable bonds is 12. The molecule has 3 rings (SSSR count). The van der Waals surface area contributed by atoms with Crippen molar-refractivity contribution in [3.63, 3.8) is 0 Å². The van der Waals surface area contributed by atoms with Crippen molar-refractivity contribution in [1.29, 1.82) is 0 Å². The quantitative estimate of drug-likeness (QED) is 0.127. The molecule has 0 bridgehead atoms. The van der Waals surface area contributed by atoms with Crippen LogP contribution in [0.5, 0.6) is 11.5 Å². The normalized spacial score (nSPS) is 10.4. The van der Waals surface area contributed by atoms with E-state index in [1.807, 2.05) is 13.8 Å². The smallest absolute Gasteiger partial charge is 0.258 e. The van der Waals surface area contributed by atoms with E-state index in [-0.39, 0.29) is 52.3 Å². The lowest BCUT2D eigenvalue weighted by atomic mass is 10.1. The third kappa shape index (κ3) is 8.14. The number of aromatic nitrogens is 1. The van der Waals surface area contributed by atoms with E-state index in [4.69, 9.17) is 21.4 Å². The SMILES string of the molecule is CC.CNSNc1cccc(Oc2c(C(=O)NCCCCO)c(Nc3ccc(C)cc3F)n(C)c(=O)c2C)c1Cl. The molecule has 0 aliphatic rings. The molecule has 0 aliphatic carbocycles. The third-order valence-electron chi connectivity index (χ3n) is 5.68.